The Morgan fingerprint density at radius 3 is 2.54 bits per heavy atom. The predicted octanol–water partition coefficient (Wildman–Crippen LogP) is 1.53. The molecule has 1 amide bonds. The summed E-state index contributed by atoms with van der Waals surface area (Å²) in [6.07, 6.45) is -1.85. The molecule has 0 saturated carbocycles. The molecule has 1 aromatic rings. The fourth-order valence-corrected chi connectivity index (χ4v) is 3.15. The molecule has 0 bridgehead atoms. The van der Waals surface area contributed by atoms with Crippen molar-refractivity contribution in [1.82, 2.24) is 5.32 Å². The van der Waals surface area contributed by atoms with E-state index >= 15 is 0 Å². The highest BCUT2D eigenvalue weighted by atomic mass is 32.2. The van der Waals surface area contributed by atoms with Crippen LogP contribution in [0.1, 0.15) is 25.8 Å². The fourth-order valence-electron chi connectivity index (χ4n) is 1.86. The van der Waals surface area contributed by atoms with Gasteiger partial charge >= 0.3 is 6.09 Å². The van der Waals surface area contributed by atoms with Gasteiger partial charge in [-0.05, 0) is 31.6 Å². The lowest BCUT2D eigenvalue weighted by atomic mass is 10.0. The van der Waals surface area contributed by atoms with E-state index in [9.17, 15) is 15.0 Å². The fraction of sp³-hybridized carbons (Fsp3) is 0.588. The molecule has 1 rings (SSSR count). The van der Waals surface area contributed by atoms with Gasteiger partial charge in [0, 0.05) is 11.3 Å². The van der Waals surface area contributed by atoms with Crippen LogP contribution in [0.25, 0.3) is 0 Å². The lowest BCUT2D eigenvalue weighted by molar-refractivity contribution is -0.00190. The van der Waals surface area contributed by atoms with Crippen LogP contribution in [-0.4, -0.2) is 57.3 Å². The number of thioether (sulfide) groups is 1. The van der Waals surface area contributed by atoms with Crippen LogP contribution in [0, 0.1) is 0 Å². The van der Waals surface area contributed by atoms with E-state index in [0.29, 0.717) is 17.9 Å². The molecule has 0 fully saturated rings. The molecule has 1 aromatic carbocycles. The topological polar surface area (TPSA) is 99.0 Å². The van der Waals surface area contributed by atoms with E-state index in [2.05, 4.69) is 5.32 Å². The third-order valence-corrected chi connectivity index (χ3v) is 4.51. The van der Waals surface area contributed by atoms with E-state index in [-0.39, 0.29) is 6.61 Å². The van der Waals surface area contributed by atoms with Crippen molar-refractivity contribution in [2.75, 3.05) is 18.1 Å². The van der Waals surface area contributed by atoms with E-state index in [4.69, 9.17) is 9.84 Å². The molecular weight excluding hydrogens is 330 g/mol. The maximum Gasteiger partial charge on any atom is 0.407 e. The second kappa shape index (κ2) is 10.6. The number of carbonyl (C=O) groups is 1. The Hall–Kier alpha value is -1.28. The molecule has 7 heteroatoms. The molecule has 0 aliphatic carbocycles. The number of hydrogen-bond acceptors (Lipinski definition) is 6. The first-order chi connectivity index (χ1) is 11.3. The molecule has 0 heterocycles. The molecule has 4 N–H and O–H groups in total. The number of rotatable bonds is 10. The lowest BCUT2D eigenvalue weighted by Gasteiger charge is -2.26. The van der Waals surface area contributed by atoms with Crippen LogP contribution in [0.4, 0.5) is 4.79 Å². The molecule has 0 aromatic heterocycles. The maximum absolute atomic E-state index is 11.9. The molecule has 0 radical (unpaired) electrons. The normalized spacial score (nSPS) is 14.0. The van der Waals surface area contributed by atoms with Crippen molar-refractivity contribution < 1.29 is 24.9 Å². The summed E-state index contributed by atoms with van der Waals surface area (Å²) in [6, 6.07) is 9.46. The van der Waals surface area contributed by atoms with Gasteiger partial charge in [0.05, 0.1) is 12.7 Å². The highest BCUT2D eigenvalue weighted by Gasteiger charge is 2.22. The Kier molecular flexibility index (Phi) is 9.13. The number of hydrogen-bond donors (Lipinski definition) is 4. The monoisotopic (exact) mass is 357 g/mol. The minimum atomic E-state index is -1.11. The van der Waals surface area contributed by atoms with Crippen LogP contribution in [0.15, 0.2) is 30.3 Å². The Balaban J connectivity index is 2.23. The average molecular weight is 357 g/mol. The first-order valence-corrected chi connectivity index (χ1v) is 9.03. The minimum absolute atomic E-state index is 0.225. The van der Waals surface area contributed by atoms with Crippen molar-refractivity contribution in [3.05, 3.63) is 35.9 Å². The Labute approximate surface area is 147 Å². The predicted molar refractivity (Wildman–Crippen MR) is 94.9 cm³/mol. The molecular formula is C17H27NO5S. The SMILES string of the molecule is CC(C)(CCSCC(O)C(O)CO)NC(=O)OCc1ccccc1. The number of alkyl carbamates (subject to hydrolysis) is 1. The Morgan fingerprint density at radius 2 is 1.92 bits per heavy atom. The van der Waals surface area contributed by atoms with Crippen LogP contribution in [0.2, 0.25) is 0 Å². The molecule has 0 saturated heterocycles. The minimum Gasteiger partial charge on any atom is -0.445 e. The summed E-state index contributed by atoms with van der Waals surface area (Å²) in [4.78, 5) is 11.9. The van der Waals surface area contributed by atoms with Gasteiger partial charge in [-0.3, -0.25) is 0 Å². The molecule has 24 heavy (non-hydrogen) atoms. The number of carbonyl (C=O) groups excluding carboxylic acids is 1. The zero-order valence-electron chi connectivity index (χ0n) is 14.1. The second-order valence-corrected chi connectivity index (χ2v) is 7.36. The van der Waals surface area contributed by atoms with Crippen LogP contribution < -0.4 is 5.32 Å². The van der Waals surface area contributed by atoms with E-state index in [1.165, 1.54) is 11.8 Å². The van der Waals surface area contributed by atoms with Gasteiger partial charge in [-0.15, -0.1) is 0 Å². The van der Waals surface area contributed by atoms with Crippen LogP contribution in [0.3, 0.4) is 0 Å². The van der Waals surface area contributed by atoms with Gasteiger partial charge in [-0.25, -0.2) is 4.79 Å². The number of aliphatic hydroxyl groups is 3. The summed E-state index contributed by atoms with van der Waals surface area (Å²) in [5.74, 6) is 1.03. The molecule has 136 valence electrons. The van der Waals surface area contributed by atoms with Crippen molar-refractivity contribution in [2.24, 2.45) is 0 Å². The number of amides is 1. The molecule has 2 atom stereocenters. The largest absolute Gasteiger partial charge is 0.445 e. The first-order valence-electron chi connectivity index (χ1n) is 7.87. The van der Waals surface area contributed by atoms with Gasteiger partial charge in [-0.1, -0.05) is 30.3 Å². The summed E-state index contributed by atoms with van der Waals surface area (Å²) in [5, 5.41) is 30.4. The molecule has 0 aliphatic rings. The maximum atomic E-state index is 11.9. The highest BCUT2D eigenvalue weighted by molar-refractivity contribution is 7.99. The average Bonchev–Trinajstić information content (AvgIpc) is 2.56. The van der Waals surface area contributed by atoms with E-state index in [1.54, 1.807) is 0 Å². The number of ether oxygens (including phenoxy) is 1. The summed E-state index contributed by atoms with van der Waals surface area (Å²) < 4.78 is 5.20. The van der Waals surface area contributed by atoms with Crippen LogP contribution in [0.5, 0.6) is 0 Å². The van der Waals surface area contributed by atoms with Crippen molar-refractivity contribution in [3.63, 3.8) is 0 Å². The molecule has 2 unspecified atom stereocenters. The van der Waals surface area contributed by atoms with Gasteiger partial charge in [-0.2, -0.15) is 11.8 Å². The van der Waals surface area contributed by atoms with Crippen LogP contribution in [-0.2, 0) is 11.3 Å². The van der Waals surface area contributed by atoms with E-state index in [0.717, 1.165) is 5.56 Å². The third kappa shape index (κ3) is 8.54. The first kappa shape index (κ1) is 20.8. The van der Waals surface area contributed by atoms with Crippen LogP contribution >= 0.6 is 11.8 Å². The number of benzene rings is 1. The molecule has 6 nitrogen and oxygen atoms in total. The van der Waals surface area contributed by atoms with Crippen molar-refractivity contribution in [2.45, 2.75) is 44.6 Å². The zero-order chi connectivity index (χ0) is 18.0. The third-order valence-electron chi connectivity index (χ3n) is 3.44. The van der Waals surface area contributed by atoms with Gasteiger partial charge in [0.1, 0.15) is 12.7 Å². The standard InChI is InChI=1S/C17H27NO5S/c1-17(2,8-9-24-12-15(21)14(20)10-19)18-16(22)23-11-13-6-4-3-5-7-13/h3-7,14-15,19-21H,8-12H2,1-2H3,(H,18,22). The smallest absolute Gasteiger partial charge is 0.407 e. The summed E-state index contributed by atoms with van der Waals surface area (Å²) in [5.41, 5.74) is 0.485. The Morgan fingerprint density at radius 1 is 1.25 bits per heavy atom. The number of nitrogens with one attached hydrogen (secondary N) is 1. The van der Waals surface area contributed by atoms with E-state index < -0.39 is 30.4 Å². The van der Waals surface area contributed by atoms with Gasteiger partial charge < -0.3 is 25.4 Å². The van der Waals surface area contributed by atoms with Gasteiger partial charge in [0.15, 0.2) is 0 Å². The summed E-state index contributed by atoms with van der Waals surface area (Å²) in [7, 11) is 0. The van der Waals surface area contributed by atoms with E-state index in [1.807, 2.05) is 44.2 Å². The summed E-state index contributed by atoms with van der Waals surface area (Å²) in [6.45, 7) is 3.57. The highest BCUT2D eigenvalue weighted by Crippen LogP contribution is 2.15. The Bertz CT molecular complexity index is 483. The van der Waals surface area contributed by atoms with Gasteiger partial charge in [0.25, 0.3) is 0 Å². The number of aliphatic hydroxyl groups excluding tert-OH is 3. The van der Waals surface area contributed by atoms with Crippen molar-refractivity contribution >= 4 is 17.9 Å². The second-order valence-electron chi connectivity index (χ2n) is 6.21. The van der Waals surface area contributed by atoms with Gasteiger partial charge in [0.2, 0.25) is 0 Å². The molecule has 0 aliphatic heterocycles. The van der Waals surface area contributed by atoms with Crippen molar-refractivity contribution in [3.8, 4) is 0 Å². The molecule has 0 spiro atoms. The lowest BCUT2D eigenvalue weighted by Crippen LogP contribution is -2.44. The van der Waals surface area contributed by atoms with Crippen molar-refractivity contribution in [1.29, 1.82) is 0 Å². The zero-order valence-corrected chi connectivity index (χ0v) is 15.0. The quantitative estimate of drug-likeness (QED) is 0.474. The summed E-state index contributed by atoms with van der Waals surface area (Å²) >= 11 is 1.46.